The predicted octanol–water partition coefficient (Wildman–Crippen LogP) is 5.59. The summed E-state index contributed by atoms with van der Waals surface area (Å²) in [4.78, 5) is 4.98. The van der Waals surface area contributed by atoms with Crippen LogP contribution in [0, 0.1) is 6.92 Å². The largest absolute Gasteiger partial charge is 0.504 e. The maximum Gasteiger partial charge on any atom is 0.162 e. The summed E-state index contributed by atoms with van der Waals surface area (Å²) in [5.41, 5.74) is 5.07. The molecule has 0 bridgehead atoms. The van der Waals surface area contributed by atoms with Gasteiger partial charge in [0.15, 0.2) is 11.5 Å². The van der Waals surface area contributed by atoms with Crippen molar-refractivity contribution in [3.8, 4) is 11.5 Å². The number of aliphatic imine (C=N–C) groups is 1. The molecule has 0 unspecified atom stereocenters. The van der Waals surface area contributed by atoms with Crippen LogP contribution in [0.5, 0.6) is 11.5 Å². The summed E-state index contributed by atoms with van der Waals surface area (Å²) in [5.74, 6) is 0.624. The Morgan fingerprint density at radius 2 is 1.76 bits per heavy atom. The number of nitrogens with one attached hydrogen (secondary N) is 1. The Morgan fingerprint density at radius 1 is 1.03 bits per heavy atom. The Morgan fingerprint density at radius 3 is 2.45 bits per heavy atom. The van der Waals surface area contributed by atoms with E-state index in [9.17, 15) is 5.11 Å². The molecule has 0 amide bonds. The molecule has 0 aromatic heterocycles. The minimum Gasteiger partial charge on any atom is -0.504 e. The summed E-state index contributed by atoms with van der Waals surface area (Å²) in [7, 11) is 1.56. The zero-order valence-electron chi connectivity index (χ0n) is 16.4. The lowest BCUT2D eigenvalue weighted by Crippen LogP contribution is -2.33. The first-order valence-electron chi connectivity index (χ1n) is 9.56. The van der Waals surface area contributed by atoms with Crippen molar-refractivity contribution in [3.63, 3.8) is 0 Å². The number of rotatable bonds is 4. The maximum absolute atomic E-state index is 10.7. The molecule has 0 spiro atoms. The molecule has 29 heavy (non-hydrogen) atoms. The number of halogens is 1. The van der Waals surface area contributed by atoms with E-state index in [1.807, 2.05) is 36.4 Å². The number of aryl methyl sites for hydroxylation is 1. The van der Waals surface area contributed by atoms with Gasteiger partial charge in [0.05, 0.1) is 7.11 Å². The molecule has 2 N–H and O–H groups in total. The van der Waals surface area contributed by atoms with Gasteiger partial charge in [-0.15, -0.1) is 0 Å². The lowest BCUT2D eigenvalue weighted by Gasteiger charge is -2.31. The van der Waals surface area contributed by atoms with Gasteiger partial charge in [0.25, 0.3) is 0 Å². The van der Waals surface area contributed by atoms with Crippen molar-refractivity contribution in [2.24, 2.45) is 4.99 Å². The third-order valence-corrected chi connectivity index (χ3v) is 5.49. The van der Waals surface area contributed by atoms with E-state index in [0.29, 0.717) is 17.2 Å². The van der Waals surface area contributed by atoms with Gasteiger partial charge in [-0.05, 0) is 36.2 Å². The van der Waals surface area contributed by atoms with Crippen molar-refractivity contribution in [1.29, 1.82) is 0 Å². The molecule has 4 nitrogen and oxygen atoms in total. The van der Waals surface area contributed by atoms with Gasteiger partial charge in [-0.3, -0.25) is 10.3 Å². The fourth-order valence-electron chi connectivity index (χ4n) is 3.63. The number of hydrogen-bond acceptors (Lipinski definition) is 4. The standard InChI is InChI=1S/C24H23ClN2O2/c1-15-6-8-17(9-7-15)24-26-20(16-10-12-18(25)13-11-16)14-21(27-24)19-4-3-5-22(29-2)23(19)28/h3-13,21,24,27-28H,14H2,1-2H3/t21-,24+/m1/s1. The number of nitrogens with zero attached hydrogens (tertiary/aromatic N) is 1. The van der Waals surface area contributed by atoms with E-state index in [0.717, 1.165) is 22.4 Å². The van der Waals surface area contributed by atoms with E-state index in [4.69, 9.17) is 21.3 Å². The molecule has 3 aromatic carbocycles. The van der Waals surface area contributed by atoms with Gasteiger partial charge in [-0.1, -0.05) is 65.7 Å². The van der Waals surface area contributed by atoms with Crippen LogP contribution in [0.25, 0.3) is 0 Å². The molecule has 148 valence electrons. The molecule has 2 atom stereocenters. The summed E-state index contributed by atoms with van der Waals surface area (Å²) < 4.78 is 5.30. The van der Waals surface area contributed by atoms with Crippen molar-refractivity contribution < 1.29 is 9.84 Å². The average molecular weight is 407 g/mol. The molecular formula is C24H23ClN2O2. The number of aromatic hydroxyl groups is 1. The normalized spacial score (nSPS) is 18.9. The van der Waals surface area contributed by atoms with Crippen molar-refractivity contribution >= 4 is 17.3 Å². The highest BCUT2D eigenvalue weighted by molar-refractivity contribution is 6.30. The Labute approximate surface area is 175 Å². The SMILES string of the molecule is COc1cccc([C@H]2CC(c3ccc(Cl)cc3)=N[C@H](c3ccc(C)cc3)N2)c1O. The van der Waals surface area contributed by atoms with Gasteiger partial charge in [0.1, 0.15) is 6.17 Å². The maximum atomic E-state index is 10.7. The number of phenolic OH excluding ortho intramolecular Hbond substituents is 1. The average Bonchev–Trinajstić information content (AvgIpc) is 2.74. The van der Waals surface area contributed by atoms with Crippen LogP contribution >= 0.6 is 11.6 Å². The molecule has 0 aliphatic carbocycles. The van der Waals surface area contributed by atoms with E-state index in [1.165, 1.54) is 5.56 Å². The molecule has 0 radical (unpaired) electrons. The van der Waals surface area contributed by atoms with E-state index >= 15 is 0 Å². The summed E-state index contributed by atoms with van der Waals surface area (Å²) in [5, 5.41) is 15.0. The van der Waals surface area contributed by atoms with Gasteiger partial charge in [-0.2, -0.15) is 0 Å². The van der Waals surface area contributed by atoms with Gasteiger partial charge in [0.2, 0.25) is 0 Å². The fraction of sp³-hybridized carbons (Fsp3) is 0.208. The van der Waals surface area contributed by atoms with Crippen LogP contribution in [-0.2, 0) is 0 Å². The summed E-state index contributed by atoms with van der Waals surface area (Å²) in [6.45, 7) is 2.07. The van der Waals surface area contributed by atoms with Gasteiger partial charge < -0.3 is 9.84 Å². The number of ether oxygens (including phenoxy) is 1. The summed E-state index contributed by atoms with van der Waals surface area (Å²) >= 11 is 6.07. The smallest absolute Gasteiger partial charge is 0.162 e. The highest BCUT2D eigenvalue weighted by Crippen LogP contribution is 2.38. The van der Waals surface area contributed by atoms with Crippen molar-refractivity contribution in [2.45, 2.75) is 25.6 Å². The summed E-state index contributed by atoms with van der Waals surface area (Å²) in [6.07, 6.45) is 0.427. The van der Waals surface area contributed by atoms with Crippen LogP contribution in [-0.4, -0.2) is 17.9 Å². The highest BCUT2D eigenvalue weighted by Gasteiger charge is 2.28. The third kappa shape index (κ3) is 4.14. The van der Waals surface area contributed by atoms with Crippen LogP contribution in [0.2, 0.25) is 5.02 Å². The predicted molar refractivity (Wildman–Crippen MR) is 117 cm³/mol. The first-order valence-corrected chi connectivity index (χ1v) is 9.94. The highest BCUT2D eigenvalue weighted by atomic mass is 35.5. The van der Waals surface area contributed by atoms with E-state index in [-0.39, 0.29) is 18.0 Å². The molecule has 5 heteroatoms. The molecule has 0 saturated heterocycles. The van der Waals surface area contributed by atoms with Gasteiger partial charge in [0, 0.05) is 28.8 Å². The second kappa shape index (κ2) is 8.27. The zero-order chi connectivity index (χ0) is 20.4. The Bertz CT molecular complexity index is 1030. The van der Waals surface area contributed by atoms with Crippen molar-refractivity contribution in [2.75, 3.05) is 7.11 Å². The Kier molecular flexibility index (Phi) is 5.56. The van der Waals surface area contributed by atoms with Gasteiger partial charge in [-0.25, -0.2) is 0 Å². The monoisotopic (exact) mass is 406 g/mol. The van der Waals surface area contributed by atoms with Crippen molar-refractivity contribution in [1.82, 2.24) is 5.32 Å². The third-order valence-electron chi connectivity index (χ3n) is 5.24. The lowest BCUT2D eigenvalue weighted by molar-refractivity contribution is 0.360. The van der Waals surface area contributed by atoms with Crippen LogP contribution in [0.3, 0.4) is 0 Å². The zero-order valence-corrected chi connectivity index (χ0v) is 17.1. The lowest BCUT2D eigenvalue weighted by atomic mass is 9.93. The van der Waals surface area contributed by atoms with E-state index in [2.05, 4.69) is 36.5 Å². The first-order chi connectivity index (χ1) is 14.0. The number of hydrogen-bond donors (Lipinski definition) is 2. The molecule has 1 aliphatic rings. The van der Waals surface area contributed by atoms with Crippen LogP contribution in [0.1, 0.15) is 40.9 Å². The Hall–Kier alpha value is -2.82. The summed E-state index contributed by atoms with van der Waals surface area (Å²) in [6, 6.07) is 21.5. The van der Waals surface area contributed by atoms with Crippen molar-refractivity contribution in [3.05, 3.63) is 94.0 Å². The minimum atomic E-state index is -0.217. The molecule has 3 aromatic rings. The second-order valence-electron chi connectivity index (χ2n) is 7.22. The quantitative estimate of drug-likeness (QED) is 0.594. The first kappa shape index (κ1) is 19.5. The molecular weight excluding hydrogens is 384 g/mol. The molecule has 1 heterocycles. The number of phenols is 1. The Balaban J connectivity index is 1.76. The van der Waals surface area contributed by atoms with E-state index in [1.54, 1.807) is 13.2 Å². The molecule has 1 aliphatic heterocycles. The number of benzene rings is 3. The molecule has 4 rings (SSSR count). The number of para-hydroxylation sites is 1. The van der Waals surface area contributed by atoms with Crippen LogP contribution < -0.4 is 10.1 Å². The second-order valence-corrected chi connectivity index (χ2v) is 7.65. The van der Waals surface area contributed by atoms with Crippen LogP contribution in [0.4, 0.5) is 0 Å². The fourth-order valence-corrected chi connectivity index (χ4v) is 3.75. The number of methoxy groups -OCH3 is 1. The topological polar surface area (TPSA) is 53.8 Å². The van der Waals surface area contributed by atoms with Gasteiger partial charge >= 0.3 is 0 Å². The molecule has 0 fully saturated rings. The van der Waals surface area contributed by atoms with Crippen LogP contribution in [0.15, 0.2) is 71.7 Å². The molecule has 0 saturated carbocycles. The minimum absolute atomic E-state index is 0.111. The van der Waals surface area contributed by atoms with E-state index < -0.39 is 0 Å².